The Balaban J connectivity index is 1.96. The van der Waals surface area contributed by atoms with Gasteiger partial charge < -0.3 is 10.2 Å². The maximum atomic E-state index is 13.5. The molecule has 1 aliphatic heterocycles. The third-order valence-electron chi connectivity index (χ3n) is 5.14. The van der Waals surface area contributed by atoms with Crippen LogP contribution in [0.4, 0.5) is 13.2 Å². The Labute approximate surface area is 176 Å². The quantitative estimate of drug-likeness (QED) is 0.799. The van der Waals surface area contributed by atoms with E-state index in [1.165, 1.54) is 30.0 Å². The highest BCUT2D eigenvalue weighted by atomic mass is 19.4. The van der Waals surface area contributed by atoms with Crippen LogP contribution in [0.25, 0.3) is 5.69 Å². The molecule has 1 unspecified atom stereocenters. The highest BCUT2D eigenvalue weighted by molar-refractivity contribution is 5.92. The molecule has 10 heteroatoms. The molecular formula is C21H23F3N4O3. The second-order valence-corrected chi connectivity index (χ2v) is 7.44. The van der Waals surface area contributed by atoms with Gasteiger partial charge in [0.2, 0.25) is 11.3 Å². The van der Waals surface area contributed by atoms with Crippen molar-refractivity contribution in [1.82, 2.24) is 20.0 Å². The summed E-state index contributed by atoms with van der Waals surface area (Å²) in [6.45, 7) is 3.75. The number of rotatable bonds is 4. The Morgan fingerprint density at radius 3 is 2.65 bits per heavy atom. The number of hydrogen-bond donors (Lipinski definition) is 1. The number of nitrogens with zero attached hydrogens (tertiary/aromatic N) is 3. The average Bonchev–Trinajstić information content (AvgIpc) is 2.73. The molecule has 1 aromatic carbocycles. The van der Waals surface area contributed by atoms with Crippen LogP contribution in [0.1, 0.15) is 47.9 Å². The third kappa shape index (κ3) is 4.95. The normalized spacial score (nSPS) is 16.8. The van der Waals surface area contributed by atoms with E-state index in [9.17, 15) is 27.6 Å². The fourth-order valence-electron chi connectivity index (χ4n) is 3.60. The zero-order valence-electron chi connectivity index (χ0n) is 17.2. The summed E-state index contributed by atoms with van der Waals surface area (Å²) in [5, 5.41) is 6.85. The van der Waals surface area contributed by atoms with Crippen molar-refractivity contribution in [2.24, 2.45) is 0 Å². The summed E-state index contributed by atoms with van der Waals surface area (Å²) in [7, 11) is 0. The molecule has 1 aliphatic rings. The lowest BCUT2D eigenvalue weighted by molar-refractivity contribution is -0.137. The Morgan fingerprint density at radius 1 is 1.26 bits per heavy atom. The summed E-state index contributed by atoms with van der Waals surface area (Å²) in [5.41, 5.74) is -2.14. The molecule has 1 aromatic heterocycles. The van der Waals surface area contributed by atoms with Crippen molar-refractivity contribution in [2.45, 2.75) is 45.3 Å². The van der Waals surface area contributed by atoms with Gasteiger partial charge in [-0.1, -0.05) is 19.1 Å². The smallest absolute Gasteiger partial charge is 0.352 e. The summed E-state index contributed by atoms with van der Waals surface area (Å²) >= 11 is 0. The summed E-state index contributed by atoms with van der Waals surface area (Å²) < 4.78 is 41.3. The molecule has 0 saturated carbocycles. The number of alkyl halides is 3. The number of hydrogen-bond acceptors (Lipinski definition) is 4. The van der Waals surface area contributed by atoms with E-state index >= 15 is 0 Å². The van der Waals surface area contributed by atoms with E-state index < -0.39 is 28.8 Å². The lowest BCUT2D eigenvalue weighted by Crippen LogP contribution is -2.50. The van der Waals surface area contributed by atoms with Gasteiger partial charge in [0.25, 0.3) is 5.91 Å². The molecule has 3 rings (SSSR count). The Hall–Kier alpha value is -3.17. The Bertz CT molecular complexity index is 1050. The monoisotopic (exact) mass is 436 g/mol. The fraction of sp³-hybridized carbons (Fsp3) is 0.429. The van der Waals surface area contributed by atoms with Gasteiger partial charge in [-0.2, -0.15) is 18.3 Å². The van der Waals surface area contributed by atoms with E-state index in [0.717, 1.165) is 16.8 Å². The maximum Gasteiger partial charge on any atom is 0.418 e. The number of benzene rings is 1. The minimum absolute atomic E-state index is 0.140. The molecule has 1 N–H and O–H groups in total. The van der Waals surface area contributed by atoms with E-state index in [0.29, 0.717) is 25.8 Å². The van der Waals surface area contributed by atoms with Gasteiger partial charge in [0.1, 0.15) is 0 Å². The van der Waals surface area contributed by atoms with Crippen molar-refractivity contribution >= 4 is 11.8 Å². The van der Waals surface area contributed by atoms with E-state index in [1.807, 2.05) is 0 Å². The van der Waals surface area contributed by atoms with Crippen LogP contribution >= 0.6 is 0 Å². The Kier molecular flexibility index (Phi) is 6.47. The van der Waals surface area contributed by atoms with Gasteiger partial charge in [-0.15, -0.1) is 0 Å². The minimum Gasteiger partial charge on any atom is -0.352 e. The van der Waals surface area contributed by atoms with E-state index in [4.69, 9.17) is 0 Å². The maximum absolute atomic E-state index is 13.5. The third-order valence-corrected chi connectivity index (χ3v) is 5.14. The second kappa shape index (κ2) is 8.91. The standard InChI is InChI=1S/C21H23F3N4O3/c1-3-18(30)25-14-7-6-10-27(12-14)20(31)19-17(29)11-13(2)28(26-19)16-9-5-4-8-15(16)21(22,23)24/h4-5,8-9,11,14H,3,6-7,10,12H2,1-2H3,(H,25,30). The van der Waals surface area contributed by atoms with Crippen molar-refractivity contribution in [3.8, 4) is 5.69 Å². The van der Waals surface area contributed by atoms with Crippen molar-refractivity contribution in [1.29, 1.82) is 0 Å². The van der Waals surface area contributed by atoms with Gasteiger partial charge in [-0.05, 0) is 31.9 Å². The lowest BCUT2D eigenvalue weighted by atomic mass is 10.0. The fourth-order valence-corrected chi connectivity index (χ4v) is 3.60. The minimum atomic E-state index is -4.63. The molecule has 0 bridgehead atoms. The van der Waals surface area contributed by atoms with Crippen LogP contribution in [0.2, 0.25) is 0 Å². The van der Waals surface area contributed by atoms with Crippen molar-refractivity contribution in [3.63, 3.8) is 0 Å². The van der Waals surface area contributed by atoms with Crippen molar-refractivity contribution in [2.75, 3.05) is 13.1 Å². The van der Waals surface area contributed by atoms with Crippen LogP contribution in [0, 0.1) is 6.92 Å². The first-order valence-electron chi connectivity index (χ1n) is 9.98. The van der Waals surface area contributed by atoms with Crippen molar-refractivity contribution < 1.29 is 22.8 Å². The molecule has 7 nitrogen and oxygen atoms in total. The number of carbonyl (C=O) groups excluding carboxylic acids is 2. The molecule has 1 atom stereocenters. The number of carbonyl (C=O) groups is 2. The number of piperidine rings is 1. The molecule has 0 spiro atoms. The van der Waals surface area contributed by atoms with Crippen LogP contribution < -0.4 is 10.7 Å². The number of nitrogens with one attached hydrogen (secondary N) is 1. The molecule has 1 fully saturated rings. The van der Waals surface area contributed by atoms with Crippen LogP contribution in [-0.2, 0) is 11.0 Å². The van der Waals surface area contributed by atoms with Gasteiger partial charge >= 0.3 is 6.18 Å². The molecule has 31 heavy (non-hydrogen) atoms. The van der Waals surface area contributed by atoms with Gasteiger partial charge in [-0.3, -0.25) is 14.4 Å². The first-order valence-corrected chi connectivity index (χ1v) is 9.98. The summed E-state index contributed by atoms with van der Waals surface area (Å²) in [5.74, 6) is -0.808. The topological polar surface area (TPSA) is 84.3 Å². The molecular weight excluding hydrogens is 413 g/mol. The van der Waals surface area contributed by atoms with Gasteiger partial charge in [0, 0.05) is 37.3 Å². The van der Waals surface area contributed by atoms with Crippen LogP contribution in [0.3, 0.4) is 0 Å². The lowest BCUT2D eigenvalue weighted by Gasteiger charge is -2.33. The predicted molar refractivity (Wildman–Crippen MR) is 107 cm³/mol. The van der Waals surface area contributed by atoms with E-state index in [-0.39, 0.29) is 29.9 Å². The molecule has 2 heterocycles. The highest BCUT2D eigenvalue weighted by Gasteiger charge is 2.34. The zero-order chi connectivity index (χ0) is 22.8. The van der Waals surface area contributed by atoms with Crippen LogP contribution in [-0.4, -0.2) is 45.6 Å². The summed E-state index contributed by atoms with van der Waals surface area (Å²) in [6, 6.07) is 5.70. The van der Waals surface area contributed by atoms with E-state index in [2.05, 4.69) is 10.4 Å². The summed E-state index contributed by atoms with van der Waals surface area (Å²) in [6.07, 6.45) is -3.00. The SMILES string of the molecule is CCC(=O)NC1CCCN(C(=O)c2nn(-c3ccccc3C(F)(F)F)c(C)cc2=O)C1. The first kappa shape index (κ1) is 22.5. The highest BCUT2D eigenvalue weighted by Crippen LogP contribution is 2.33. The average molecular weight is 436 g/mol. The number of likely N-dealkylation sites (tertiary alicyclic amines) is 1. The summed E-state index contributed by atoms with van der Waals surface area (Å²) in [4.78, 5) is 38.6. The molecule has 2 amide bonds. The van der Waals surface area contributed by atoms with Gasteiger partial charge in [0.15, 0.2) is 5.69 Å². The van der Waals surface area contributed by atoms with Gasteiger partial charge in [0.05, 0.1) is 11.3 Å². The van der Waals surface area contributed by atoms with Crippen LogP contribution in [0.15, 0.2) is 35.1 Å². The number of halogens is 3. The number of aromatic nitrogens is 2. The zero-order valence-corrected chi connectivity index (χ0v) is 17.2. The first-order chi connectivity index (χ1) is 14.6. The van der Waals surface area contributed by atoms with Gasteiger partial charge in [-0.25, -0.2) is 4.68 Å². The Morgan fingerprint density at radius 2 is 1.97 bits per heavy atom. The van der Waals surface area contributed by atoms with E-state index in [1.54, 1.807) is 6.92 Å². The number of para-hydroxylation sites is 1. The molecule has 1 saturated heterocycles. The number of amides is 2. The van der Waals surface area contributed by atoms with Crippen molar-refractivity contribution in [3.05, 3.63) is 57.5 Å². The van der Waals surface area contributed by atoms with Crippen LogP contribution in [0.5, 0.6) is 0 Å². The molecule has 2 aromatic rings. The number of aryl methyl sites for hydroxylation is 1. The molecule has 0 aliphatic carbocycles. The second-order valence-electron chi connectivity index (χ2n) is 7.44. The molecule has 166 valence electrons. The molecule has 0 radical (unpaired) electrons. The largest absolute Gasteiger partial charge is 0.418 e. The predicted octanol–water partition coefficient (Wildman–Crippen LogP) is 2.69.